The summed E-state index contributed by atoms with van der Waals surface area (Å²) in [5, 5.41) is 0.354. The van der Waals surface area contributed by atoms with Crippen LogP contribution in [0.4, 0.5) is 0 Å². The van der Waals surface area contributed by atoms with Crippen molar-refractivity contribution in [3.63, 3.8) is 0 Å². The average Bonchev–Trinajstić information content (AvgIpc) is 2.05. The first-order valence-electron chi connectivity index (χ1n) is 3.26. The van der Waals surface area contributed by atoms with E-state index < -0.39 is 10.1 Å². The molecule has 7 heteroatoms. The van der Waals surface area contributed by atoms with Crippen molar-refractivity contribution in [2.45, 2.75) is 13.3 Å². The number of carbonyl (C=O) groups is 1. The Balaban J connectivity index is -0.000000163. The fourth-order valence-corrected chi connectivity index (χ4v) is 0.176. The van der Waals surface area contributed by atoms with E-state index in [1.54, 1.807) is 6.92 Å². The zero-order chi connectivity index (χ0) is 10.9. The van der Waals surface area contributed by atoms with Gasteiger partial charge in [0, 0.05) is 11.8 Å². The van der Waals surface area contributed by atoms with Crippen molar-refractivity contribution in [1.29, 1.82) is 0 Å². The second-order valence-corrected chi connectivity index (χ2v) is 2.99. The Hall–Kier alpha value is -0.140. The molecule has 0 amide bonds. The van der Waals surface area contributed by atoms with Crippen LogP contribution in [0.5, 0.6) is 0 Å². The SMILES string of the molecule is C=COC(=O)CC.C=CS(=O)(=O)[O-].[Na+]. The molecule has 0 aromatic carbocycles. The second kappa shape index (κ2) is 10.9. The first kappa shape index (κ1) is 19.4. The monoisotopic (exact) mass is 230 g/mol. The van der Waals surface area contributed by atoms with Crippen LogP contribution in [-0.2, 0) is 19.6 Å². The molecule has 0 N–H and O–H groups in total. The van der Waals surface area contributed by atoms with Crippen molar-refractivity contribution >= 4 is 16.1 Å². The van der Waals surface area contributed by atoms with Crippen molar-refractivity contribution in [2.24, 2.45) is 0 Å². The van der Waals surface area contributed by atoms with E-state index in [0.717, 1.165) is 6.26 Å². The summed E-state index contributed by atoms with van der Waals surface area (Å²) < 4.78 is 32.3. The summed E-state index contributed by atoms with van der Waals surface area (Å²) in [5.74, 6) is -0.241. The fourth-order valence-electron chi connectivity index (χ4n) is 0.176. The fraction of sp³-hybridized carbons (Fsp3) is 0.286. The van der Waals surface area contributed by atoms with Crippen LogP contribution in [0.2, 0.25) is 0 Å². The van der Waals surface area contributed by atoms with Gasteiger partial charge in [0.05, 0.1) is 6.26 Å². The van der Waals surface area contributed by atoms with E-state index in [0.29, 0.717) is 11.8 Å². The Bertz CT molecular complexity index is 258. The summed E-state index contributed by atoms with van der Waals surface area (Å²) in [6.45, 7) is 7.67. The molecule has 14 heavy (non-hydrogen) atoms. The minimum absolute atomic E-state index is 0. The number of hydrogen-bond donors (Lipinski definition) is 0. The van der Waals surface area contributed by atoms with Crippen LogP contribution >= 0.6 is 0 Å². The summed E-state index contributed by atoms with van der Waals surface area (Å²) in [4.78, 5) is 10.1. The Morgan fingerprint density at radius 1 is 1.50 bits per heavy atom. The average molecular weight is 230 g/mol. The van der Waals surface area contributed by atoms with Gasteiger partial charge < -0.3 is 9.29 Å². The Kier molecular flexibility index (Phi) is 15.2. The van der Waals surface area contributed by atoms with Gasteiger partial charge in [-0.05, 0) is 0 Å². The van der Waals surface area contributed by atoms with E-state index in [-0.39, 0.29) is 35.5 Å². The molecular formula is C7H11NaO5S. The van der Waals surface area contributed by atoms with Gasteiger partial charge >= 0.3 is 35.5 Å². The van der Waals surface area contributed by atoms with Crippen molar-refractivity contribution in [1.82, 2.24) is 0 Å². The van der Waals surface area contributed by atoms with E-state index in [1.165, 1.54) is 0 Å². The molecule has 0 aromatic heterocycles. The van der Waals surface area contributed by atoms with Crippen molar-refractivity contribution in [3.8, 4) is 0 Å². The summed E-state index contributed by atoms with van der Waals surface area (Å²) in [5.41, 5.74) is 0. The summed E-state index contributed by atoms with van der Waals surface area (Å²) in [6.07, 6.45) is 1.54. The molecule has 0 aliphatic carbocycles. The first-order chi connectivity index (χ1) is 5.87. The minimum atomic E-state index is -4.15. The molecule has 0 fully saturated rings. The number of carbonyl (C=O) groups excluding carboxylic acids is 1. The van der Waals surface area contributed by atoms with Crippen LogP contribution in [0.1, 0.15) is 13.3 Å². The predicted molar refractivity (Wildman–Crippen MR) is 46.5 cm³/mol. The molecule has 0 spiro atoms. The van der Waals surface area contributed by atoms with Gasteiger partial charge in [-0.3, -0.25) is 4.79 Å². The van der Waals surface area contributed by atoms with Gasteiger partial charge in [-0.1, -0.05) is 20.1 Å². The van der Waals surface area contributed by atoms with Crippen molar-refractivity contribution < 1.29 is 52.1 Å². The molecule has 0 bridgehead atoms. The zero-order valence-corrected chi connectivity index (χ0v) is 11.0. The van der Waals surface area contributed by atoms with E-state index >= 15 is 0 Å². The molecule has 0 heterocycles. The van der Waals surface area contributed by atoms with Crippen LogP contribution in [0.15, 0.2) is 24.8 Å². The summed E-state index contributed by atoms with van der Waals surface area (Å²) in [6, 6.07) is 0. The third-order valence-corrected chi connectivity index (χ3v) is 1.12. The molecule has 0 aliphatic rings. The van der Waals surface area contributed by atoms with Gasteiger partial charge in [-0.25, -0.2) is 8.42 Å². The van der Waals surface area contributed by atoms with Crippen LogP contribution in [0.3, 0.4) is 0 Å². The topological polar surface area (TPSA) is 83.5 Å². The molecule has 0 radical (unpaired) electrons. The number of hydrogen-bond acceptors (Lipinski definition) is 5. The molecule has 76 valence electrons. The van der Waals surface area contributed by atoms with Crippen LogP contribution in [0, 0.1) is 0 Å². The molecule has 0 saturated carbocycles. The van der Waals surface area contributed by atoms with E-state index in [4.69, 9.17) is 0 Å². The molecular weight excluding hydrogens is 219 g/mol. The Labute approximate surface area is 106 Å². The van der Waals surface area contributed by atoms with Gasteiger partial charge in [-0.2, -0.15) is 0 Å². The van der Waals surface area contributed by atoms with Crippen LogP contribution < -0.4 is 29.6 Å². The van der Waals surface area contributed by atoms with E-state index in [2.05, 4.69) is 17.9 Å². The van der Waals surface area contributed by atoms with E-state index in [1.807, 2.05) is 0 Å². The summed E-state index contributed by atoms with van der Waals surface area (Å²) in [7, 11) is -4.15. The zero-order valence-electron chi connectivity index (χ0n) is 8.23. The second-order valence-electron chi connectivity index (χ2n) is 1.67. The largest absolute Gasteiger partial charge is 1.00 e. The third kappa shape index (κ3) is 22.6. The molecule has 0 unspecified atom stereocenters. The number of rotatable bonds is 3. The molecule has 0 rings (SSSR count). The van der Waals surface area contributed by atoms with Crippen LogP contribution in [0.25, 0.3) is 0 Å². The molecule has 0 aliphatic heterocycles. The molecule has 0 aromatic rings. The Morgan fingerprint density at radius 2 is 1.86 bits per heavy atom. The molecule has 0 saturated heterocycles. The first-order valence-corrected chi connectivity index (χ1v) is 4.73. The molecule has 0 atom stereocenters. The summed E-state index contributed by atoms with van der Waals surface area (Å²) >= 11 is 0. The quantitative estimate of drug-likeness (QED) is 0.237. The van der Waals surface area contributed by atoms with Crippen molar-refractivity contribution in [3.05, 3.63) is 24.8 Å². The van der Waals surface area contributed by atoms with Crippen molar-refractivity contribution in [2.75, 3.05) is 0 Å². The number of esters is 1. The maximum atomic E-state index is 10.1. The predicted octanol–water partition coefficient (Wildman–Crippen LogP) is -2.24. The minimum Gasteiger partial charge on any atom is -0.745 e. The maximum Gasteiger partial charge on any atom is 1.00 e. The van der Waals surface area contributed by atoms with Gasteiger partial charge in [-0.15, -0.1) is 0 Å². The smallest absolute Gasteiger partial charge is 0.745 e. The molecule has 5 nitrogen and oxygen atoms in total. The van der Waals surface area contributed by atoms with Gasteiger partial charge in [0.1, 0.15) is 10.1 Å². The Morgan fingerprint density at radius 3 is 1.93 bits per heavy atom. The number of ether oxygens (including phenoxy) is 1. The van der Waals surface area contributed by atoms with Gasteiger partial charge in [0.25, 0.3) is 0 Å². The normalized spacial score (nSPS) is 8.43. The third-order valence-electron chi connectivity index (χ3n) is 0.708. The maximum absolute atomic E-state index is 10.1. The van der Waals surface area contributed by atoms with Gasteiger partial charge in [0.2, 0.25) is 0 Å². The van der Waals surface area contributed by atoms with Crippen LogP contribution in [-0.4, -0.2) is 18.9 Å². The standard InChI is InChI=1S/C5H8O2.C2H4O3S.Na/c1-3-5(6)7-4-2;1-2-6(3,4)5;/h4H,2-3H2,1H3;2H,1H2,(H,3,4,5);/q;;+1/p-1. The van der Waals surface area contributed by atoms with Gasteiger partial charge in [0.15, 0.2) is 0 Å². The van der Waals surface area contributed by atoms with E-state index in [9.17, 15) is 17.8 Å².